The number of nitrogens with one attached hydrogen (secondary N) is 14. The van der Waals surface area contributed by atoms with Crippen LogP contribution in [0.15, 0.2) is 91.1 Å². The van der Waals surface area contributed by atoms with Crippen LogP contribution >= 0.6 is 25.3 Å². The minimum atomic E-state index is -2.05. The van der Waals surface area contributed by atoms with Gasteiger partial charge in [-0.1, -0.05) is 60.7 Å². The first kappa shape index (κ1) is 99.7. The van der Waals surface area contributed by atoms with Crippen molar-refractivity contribution in [3.63, 3.8) is 0 Å². The van der Waals surface area contributed by atoms with E-state index in [4.69, 9.17) is 28.7 Å². The van der Waals surface area contributed by atoms with Crippen molar-refractivity contribution in [3.8, 4) is 0 Å². The number of aromatic amines is 1. The number of hydrogen-bond donors (Lipinski definition) is 22. The number of thiol groups is 2. The quantitative estimate of drug-likeness (QED) is 0.0143. The standard InChI is InChI=1S/C80H111F2N19O18S2/c1-41(102)64(99-69(111)54(24-26-60(84)105)93-75(117)65(78(4,5)120)91-43(3)104)74(116)96-58(36-48-39-89-52-20-12-11-19-51(48)52)72(114)92-55(25-27-61(85)106)70(112)100-66(79(6,7)121)76(118)97-56(35-45-32-49(81)37-50(82)33-45)71(113)94-57(34-44-22-23-46-17-9-10-18-47(46)31-44)73(115)101-80(8,28-14-15-29-83)77(119)98-53(21-13-16-30-88-42(2)103)68(110)95-59(38-62(86)107)67(109)90-40-63(87)108/h9-12,17-20,22-23,31-33,37,39,41,53-59,64-66,89,102,120-121H,13-16,21,24-30,34-36,38,40,83H2,1-8H3,(H2,84,105)(H2,85,106)(H2,86,107)(H2,87,108)(H,88,103)(H,90,109)(H,91,104)(H,92,114)(H,93,117)(H,94,113)(H,95,110)(H,96,116)(H,97,118)(H,98,119)(H,99,111)(H,100,112)(H,101,115)/t41-,53+,54+,55+,56+,57+,58+,59+,64+,65-,66-,80+/m1/s1. The molecule has 0 saturated heterocycles. The number of aliphatic hydroxyl groups is 1. The number of nitrogens with two attached hydrogens (primary N) is 5. The summed E-state index contributed by atoms with van der Waals surface area (Å²) in [5.74, 6) is -19.5. The normalized spacial score (nSPS) is 14.7. The van der Waals surface area contributed by atoms with Crippen LogP contribution in [0.1, 0.15) is 143 Å². The van der Waals surface area contributed by atoms with Crippen LogP contribution in [0.5, 0.6) is 0 Å². The zero-order valence-electron chi connectivity index (χ0n) is 68.5. The second-order valence-electron chi connectivity index (χ2n) is 30.8. The second-order valence-corrected chi connectivity index (χ2v) is 33.1. The van der Waals surface area contributed by atoms with Gasteiger partial charge in [-0.25, -0.2) is 8.78 Å². The Hall–Kier alpha value is -11.8. The lowest BCUT2D eigenvalue weighted by Crippen LogP contribution is -2.65. The van der Waals surface area contributed by atoms with Gasteiger partial charge >= 0.3 is 0 Å². The van der Waals surface area contributed by atoms with Crippen molar-refractivity contribution in [2.45, 2.75) is 227 Å². The highest BCUT2D eigenvalue weighted by Crippen LogP contribution is 2.25. The number of aliphatic hydroxyl groups excluding tert-OH is 1. The Balaban J connectivity index is 1.56. The summed E-state index contributed by atoms with van der Waals surface area (Å²) < 4.78 is 27.5. The molecule has 0 bridgehead atoms. The molecule has 0 aliphatic heterocycles. The fourth-order valence-corrected chi connectivity index (χ4v) is 13.3. The number of carbonyl (C=O) groups is 17. The van der Waals surface area contributed by atoms with Gasteiger partial charge in [0.25, 0.3) is 0 Å². The fraction of sp³-hybridized carbons (Fsp3) is 0.487. The van der Waals surface area contributed by atoms with Gasteiger partial charge in [0.1, 0.15) is 77.6 Å². The molecule has 25 N–H and O–H groups in total. The summed E-state index contributed by atoms with van der Waals surface area (Å²) in [6, 6.07) is 3.59. The number of para-hydroxylation sites is 1. The van der Waals surface area contributed by atoms with Gasteiger partial charge in [-0.2, -0.15) is 25.3 Å². The van der Waals surface area contributed by atoms with Crippen molar-refractivity contribution in [2.75, 3.05) is 19.6 Å². The van der Waals surface area contributed by atoms with Crippen molar-refractivity contribution < 1.29 is 95.4 Å². The lowest BCUT2D eigenvalue weighted by molar-refractivity contribution is -0.138. The van der Waals surface area contributed by atoms with Crippen molar-refractivity contribution >= 4 is 147 Å². The van der Waals surface area contributed by atoms with Crippen molar-refractivity contribution in [1.82, 2.24) is 74.1 Å². The molecule has 0 fully saturated rings. The molecule has 0 aliphatic rings. The molecule has 12 atom stereocenters. The lowest BCUT2D eigenvalue weighted by atomic mass is 9.91. The molecule has 0 radical (unpaired) electrons. The van der Waals surface area contributed by atoms with Gasteiger partial charge in [-0.15, -0.1) is 0 Å². The van der Waals surface area contributed by atoms with E-state index in [1.165, 1.54) is 47.7 Å². The molecular formula is C80H111F2N19O18S2. The van der Waals surface area contributed by atoms with Crippen molar-refractivity contribution in [2.24, 2.45) is 28.7 Å². The molecule has 4 aromatic carbocycles. The first-order valence-corrected chi connectivity index (χ1v) is 39.9. The highest BCUT2D eigenvalue weighted by molar-refractivity contribution is 7.82. The van der Waals surface area contributed by atoms with E-state index in [0.29, 0.717) is 33.5 Å². The Morgan fingerprint density at radius 1 is 0.463 bits per heavy atom. The van der Waals surface area contributed by atoms with Gasteiger partial charge in [0.15, 0.2) is 0 Å². The topological polar surface area (TPSA) is 613 Å². The molecule has 5 rings (SSSR count). The van der Waals surface area contributed by atoms with E-state index < -0.39 is 239 Å². The predicted molar refractivity (Wildman–Crippen MR) is 447 cm³/mol. The number of aromatic nitrogens is 1. The minimum Gasteiger partial charge on any atom is -0.391 e. The van der Waals surface area contributed by atoms with Crippen LogP contribution in [0.2, 0.25) is 0 Å². The van der Waals surface area contributed by atoms with Crippen molar-refractivity contribution in [1.29, 1.82) is 0 Å². The number of carbonyl (C=O) groups excluding carboxylic acids is 17. The fourth-order valence-electron chi connectivity index (χ4n) is 12.9. The third kappa shape index (κ3) is 33.0. The third-order valence-electron chi connectivity index (χ3n) is 19.3. The maximum absolute atomic E-state index is 15.5. The monoisotopic (exact) mass is 1730 g/mol. The second kappa shape index (κ2) is 46.6. The highest BCUT2D eigenvalue weighted by atomic mass is 32.1. The number of hydrogen-bond acceptors (Lipinski definition) is 21. The minimum absolute atomic E-state index is 0.0977. The molecule has 0 spiro atoms. The molecule has 0 aliphatic carbocycles. The zero-order valence-corrected chi connectivity index (χ0v) is 70.2. The Bertz CT molecular complexity index is 4580. The first-order valence-electron chi connectivity index (χ1n) is 39.0. The maximum Gasteiger partial charge on any atom is 0.246 e. The van der Waals surface area contributed by atoms with Crippen LogP contribution in [-0.4, -0.2) is 212 Å². The SMILES string of the molecule is CC(=O)NCCCC[C@H](NC(=O)[C@](C)(CCCCN)NC(=O)[C@H](Cc1ccc2ccccc2c1)NC(=O)[C@H](Cc1cc(F)cc(F)c1)NC(=O)[C@@H](NC(=O)[C@H](CCC(N)=O)NC(=O)[C@H](Cc1c[nH]c2ccccc12)NC(=O)[C@@H](NC(=O)[C@H](CCC(N)=O)NC(=O)[C@@H](NC(C)=O)C(C)(C)S)[C@@H](C)O)C(C)(C)S)C(=O)N[C@@H](CC(N)=O)C(=O)NCC(N)=O. The summed E-state index contributed by atoms with van der Waals surface area (Å²) in [7, 11) is 0. The van der Waals surface area contributed by atoms with E-state index in [0.717, 1.165) is 31.4 Å². The van der Waals surface area contributed by atoms with E-state index in [2.05, 4.69) is 99.4 Å². The molecule has 121 heavy (non-hydrogen) atoms. The number of fused-ring (bicyclic) bond motifs is 2. The molecule has 17 amide bonds. The molecular weight excluding hydrogens is 1620 g/mol. The van der Waals surface area contributed by atoms with E-state index >= 15 is 37.5 Å². The van der Waals surface area contributed by atoms with Crippen LogP contribution in [0.3, 0.4) is 0 Å². The summed E-state index contributed by atoms with van der Waals surface area (Å²) >= 11 is 9.09. The first-order chi connectivity index (χ1) is 56.7. The molecule has 660 valence electrons. The number of H-pyrrole nitrogens is 1. The molecule has 5 aromatic rings. The molecule has 1 aromatic heterocycles. The van der Waals surface area contributed by atoms with Gasteiger partial charge in [-0.05, 0) is 145 Å². The lowest BCUT2D eigenvalue weighted by Gasteiger charge is -2.34. The Morgan fingerprint density at radius 3 is 1.52 bits per heavy atom. The van der Waals surface area contributed by atoms with E-state index in [1.807, 2.05) is 0 Å². The van der Waals surface area contributed by atoms with Crippen molar-refractivity contribution in [3.05, 3.63) is 119 Å². The maximum atomic E-state index is 15.5. The van der Waals surface area contributed by atoms with Gasteiger partial charge in [0.05, 0.1) is 19.1 Å². The number of halogens is 2. The smallest absolute Gasteiger partial charge is 0.246 e. The number of amides is 17. The van der Waals surface area contributed by atoms with Crippen LogP contribution in [0.4, 0.5) is 8.78 Å². The summed E-state index contributed by atoms with van der Waals surface area (Å²) in [6.45, 7) is 10.0. The number of unbranched alkanes of at least 4 members (excludes halogenated alkanes) is 2. The van der Waals surface area contributed by atoms with E-state index in [1.54, 1.807) is 66.7 Å². The van der Waals surface area contributed by atoms with E-state index in [-0.39, 0.29) is 69.5 Å². The molecule has 0 saturated carbocycles. The predicted octanol–water partition coefficient (Wildman–Crippen LogP) is -2.39. The van der Waals surface area contributed by atoms with Crippen LogP contribution < -0.4 is 97.8 Å². The number of rotatable bonds is 50. The average Bonchev–Trinajstić information content (AvgIpc) is 1.71. The molecule has 0 unspecified atom stereocenters. The van der Waals surface area contributed by atoms with Gasteiger partial charge in [-0.3, -0.25) is 81.5 Å². The molecule has 1 heterocycles. The van der Waals surface area contributed by atoms with Gasteiger partial charge in [0, 0.05) is 85.2 Å². The summed E-state index contributed by atoms with van der Waals surface area (Å²) in [6.07, 6.45) is -4.40. The summed E-state index contributed by atoms with van der Waals surface area (Å²) in [5, 5.41) is 45.6. The summed E-state index contributed by atoms with van der Waals surface area (Å²) in [4.78, 5) is 237. The largest absolute Gasteiger partial charge is 0.391 e. The summed E-state index contributed by atoms with van der Waals surface area (Å²) in [5.41, 5.74) is 26.7. The zero-order chi connectivity index (χ0) is 90.4. The Labute approximate surface area is 708 Å². The van der Waals surface area contributed by atoms with Crippen LogP contribution in [0.25, 0.3) is 21.7 Å². The van der Waals surface area contributed by atoms with Crippen LogP contribution in [0, 0.1) is 11.6 Å². The third-order valence-corrected chi connectivity index (χ3v) is 19.8. The number of benzene rings is 4. The molecule has 37 nitrogen and oxygen atoms in total. The Kier molecular flexibility index (Phi) is 38.4. The van der Waals surface area contributed by atoms with E-state index in [9.17, 15) is 57.8 Å². The number of primary amides is 4. The Morgan fingerprint density at radius 2 is 0.959 bits per heavy atom. The van der Waals surface area contributed by atoms with Gasteiger partial charge in [0.2, 0.25) is 100 Å². The average molecular weight is 1730 g/mol. The van der Waals surface area contributed by atoms with Gasteiger partial charge < -0.3 is 108 Å². The van der Waals surface area contributed by atoms with Crippen LogP contribution in [-0.2, 0) is 101 Å². The molecule has 41 heteroatoms. The highest BCUT2D eigenvalue weighted by Gasteiger charge is 2.44.